The van der Waals surface area contributed by atoms with Gasteiger partial charge in [0.2, 0.25) is 0 Å². The molecule has 0 bridgehead atoms. The summed E-state index contributed by atoms with van der Waals surface area (Å²) in [6.07, 6.45) is 0. The number of anilines is 1. The van der Waals surface area contributed by atoms with Crippen molar-refractivity contribution in [2.24, 2.45) is 0 Å². The number of hydrogen-bond donors (Lipinski definition) is 1. The number of rotatable bonds is 7. The van der Waals surface area contributed by atoms with Gasteiger partial charge in [0.15, 0.2) is 5.82 Å². The number of aromatic nitrogens is 2. The first-order chi connectivity index (χ1) is 15.9. The minimum absolute atomic E-state index is 0.238. The molecule has 1 heterocycles. The van der Waals surface area contributed by atoms with Crippen LogP contribution in [0.2, 0.25) is 10.0 Å². The van der Waals surface area contributed by atoms with Crippen molar-refractivity contribution >= 4 is 34.9 Å². The number of carbonyl (C=O) groups is 1. The Balaban J connectivity index is 1.42. The summed E-state index contributed by atoms with van der Waals surface area (Å²) < 4.78 is 7.68. The van der Waals surface area contributed by atoms with Gasteiger partial charge in [0.05, 0.1) is 11.6 Å². The molecule has 4 rings (SSSR count). The van der Waals surface area contributed by atoms with Gasteiger partial charge < -0.3 is 10.1 Å². The fourth-order valence-electron chi connectivity index (χ4n) is 3.41. The minimum Gasteiger partial charge on any atom is -0.487 e. The Morgan fingerprint density at radius 3 is 2.58 bits per heavy atom. The number of nitrogens with one attached hydrogen (secondary N) is 1. The Labute approximate surface area is 202 Å². The van der Waals surface area contributed by atoms with E-state index in [9.17, 15) is 4.79 Å². The van der Waals surface area contributed by atoms with Crippen LogP contribution in [0.1, 0.15) is 32.7 Å². The lowest BCUT2D eigenvalue weighted by Gasteiger charge is -2.10. The zero-order valence-corrected chi connectivity index (χ0v) is 19.8. The lowest BCUT2D eigenvalue weighted by Crippen LogP contribution is -2.13. The molecule has 0 aliphatic carbocycles. The summed E-state index contributed by atoms with van der Waals surface area (Å²) in [4.78, 5) is 12.8. The molecule has 0 spiro atoms. The molecule has 5 nitrogen and oxygen atoms in total. The van der Waals surface area contributed by atoms with Gasteiger partial charge in [-0.1, -0.05) is 53.5 Å². The number of ether oxygens (including phenoxy) is 1. The predicted octanol–water partition coefficient (Wildman–Crippen LogP) is 6.69. The lowest BCUT2D eigenvalue weighted by molar-refractivity contribution is 0.102. The van der Waals surface area contributed by atoms with Crippen LogP contribution < -0.4 is 10.1 Å². The average molecular weight is 480 g/mol. The molecule has 1 N–H and O–H groups in total. The van der Waals surface area contributed by atoms with Crippen LogP contribution in [-0.4, -0.2) is 15.7 Å². The van der Waals surface area contributed by atoms with Crippen LogP contribution in [0.15, 0.2) is 72.8 Å². The molecule has 0 saturated carbocycles. The number of aryl methyl sites for hydroxylation is 2. The first kappa shape index (κ1) is 22.9. The molecule has 0 radical (unpaired) electrons. The third-order valence-electron chi connectivity index (χ3n) is 5.11. The van der Waals surface area contributed by atoms with Gasteiger partial charge in [-0.15, -0.1) is 0 Å². The van der Waals surface area contributed by atoms with Crippen LogP contribution in [0.3, 0.4) is 0 Å². The molecule has 1 aromatic heterocycles. The normalized spacial score (nSPS) is 10.8. The molecule has 0 fully saturated rings. The topological polar surface area (TPSA) is 56.1 Å². The van der Waals surface area contributed by atoms with E-state index in [0.717, 1.165) is 22.4 Å². The summed E-state index contributed by atoms with van der Waals surface area (Å²) >= 11 is 12.3. The van der Waals surface area contributed by atoms with Gasteiger partial charge in [-0.25, -0.2) is 0 Å². The molecule has 3 aromatic carbocycles. The van der Waals surface area contributed by atoms with E-state index in [1.54, 1.807) is 12.1 Å². The number of carbonyl (C=O) groups excluding carboxylic acids is 1. The smallest absolute Gasteiger partial charge is 0.256 e. The zero-order valence-electron chi connectivity index (χ0n) is 18.3. The maximum atomic E-state index is 12.8. The van der Waals surface area contributed by atoms with Gasteiger partial charge in [-0.3, -0.25) is 9.48 Å². The number of amides is 1. The molecule has 0 atom stereocenters. The Bertz CT molecular complexity index is 1300. The Morgan fingerprint density at radius 1 is 0.970 bits per heavy atom. The largest absolute Gasteiger partial charge is 0.487 e. The fourth-order valence-corrected chi connectivity index (χ4v) is 3.80. The van der Waals surface area contributed by atoms with E-state index in [-0.39, 0.29) is 5.91 Å². The van der Waals surface area contributed by atoms with Crippen LogP contribution in [0.4, 0.5) is 5.82 Å². The summed E-state index contributed by atoms with van der Waals surface area (Å²) in [5.74, 6) is 0.873. The number of benzene rings is 3. The van der Waals surface area contributed by atoms with Gasteiger partial charge >= 0.3 is 0 Å². The van der Waals surface area contributed by atoms with Crippen LogP contribution >= 0.6 is 23.2 Å². The van der Waals surface area contributed by atoms with E-state index >= 15 is 0 Å². The molecule has 0 aliphatic heterocycles. The first-order valence-electron chi connectivity index (χ1n) is 10.5. The molecule has 0 unspecified atom stereocenters. The van der Waals surface area contributed by atoms with Crippen molar-refractivity contribution in [3.05, 3.63) is 111 Å². The van der Waals surface area contributed by atoms with Gasteiger partial charge in [0.1, 0.15) is 12.4 Å². The van der Waals surface area contributed by atoms with E-state index < -0.39 is 0 Å². The quantitative estimate of drug-likeness (QED) is 0.321. The second-order valence-electron chi connectivity index (χ2n) is 7.84. The van der Waals surface area contributed by atoms with Crippen LogP contribution in [0.5, 0.6) is 5.75 Å². The summed E-state index contributed by atoms with van der Waals surface area (Å²) in [6, 6.07) is 22.4. The van der Waals surface area contributed by atoms with Crippen molar-refractivity contribution in [1.29, 1.82) is 0 Å². The Morgan fingerprint density at radius 2 is 1.76 bits per heavy atom. The van der Waals surface area contributed by atoms with E-state index in [1.165, 1.54) is 0 Å². The van der Waals surface area contributed by atoms with E-state index in [1.807, 2.05) is 79.2 Å². The maximum absolute atomic E-state index is 12.8. The zero-order chi connectivity index (χ0) is 23.4. The van der Waals surface area contributed by atoms with Crippen molar-refractivity contribution in [3.8, 4) is 5.75 Å². The van der Waals surface area contributed by atoms with Crippen LogP contribution in [-0.2, 0) is 13.2 Å². The van der Waals surface area contributed by atoms with E-state index in [4.69, 9.17) is 27.9 Å². The fraction of sp³-hybridized carbons (Fsp3) is 0.154. The van der Waals surface area contributed by atoms with Gasteiger partial charge in [0, 0.05) is 22.3 Å². The van der Waals surface area contributed by atoms with Crippen molar-refractivity contribution in [1.82, 2.24) is 9.78 Å². The standard InChI is InChI=1S/C26H23Cl2N3O2/c1-17-9-10-23(28)24(11-17)33-16-20-6-3-7-21(13-20)26(32)29-25-12-18(2)31(30-25)15-19-5-4-8-22(27)14-19/h3-14H,15-16H2,1-2H3,(H,29,30,32). The Hall–Kier alpha value is -3.28. The molecule has 7 heteroatoms. The Kier molecular flexibility index (Phi) is 7.02. The summed E-state index contributed by atoms with van der Waals surface area (Å²) in [5.41, 5.74) is 4.42. The van der Waals surface area contributed by atoms with Crippen molar-refractivity contribution < 1.29 is 9.53 Å². The van der Waals surface area contributed by atoms with Crippen LogP contribution in [0.25, 0.3) is 0 Å². The average Bonchev–Trinajstić information content (AvgIpc) is 3.13. The first-order valence-corrected chi connectivity index (χ1v) is 11.2. The second-order valence-corrected chi connectivity index (χ2v) is 8.68. The lowest BCUT2D eigenvalue weighted by atomic mass is 10.1. The highest BCUT2D eigenvalue weighted by atomic mass is 35.5. The second kappa shape index (κ2) is 10.1. The van der Waals surface area contributed by atoms with Crippen molar-refractivity contribution in [2.45, 2.75) is 27.0 Å². The number of halogens is 2. The van der Waals surface area contributed by atoms with E-state index in [0.29, 0.717) is 40.3 Å². The molecule has 1 amide bonds. The minimum atomic E-state index is -0.238. The highest BCUT2D eigenvalue weighted by molar-refractivity contribution is 6.32. The predicted molar refractivity (Wildman–Crippen MR) is 132 cm³/mol. The van der Waals surface area contributed by atoms with Crippen LogP contribution in [0, 0.1) is 13.8 Å². The molecule has 168 valence electrons. The number of nitrogens with zero attached hydrogens (tertiary/aromatic N) is 2. The molecular weight excluding hydrogens is 457 g/mol. The SMILES string of the molecule is Cc1ccc(Cl)c(OCc2cccc(C(=O)Nc3cc(C)n(Cc4cccc(Cl)c4)n3)c2)c1. The summed E-state index contributed by atoms with van der Waals surface area (Å²) in [7, 11) is 0. The van der Waals surface area contributed by atoms with Gasteiger partial charge in [-0.05, 0) is 66.9 Å². The highest BCUT2D eigenvalue weighted by Crippen LogP contribution is 2.26. The third-order valence-corrected chi connectivity index (χ3v) is 5.66. The molecule has 0 saturated heterocycles. The molecule has 33 heavy (non-hydrogen) atoms. The van der Waals surface area contributed by atoms with Crippen molar-refractivity contribution in [2.75, 3.05) is 5.32 Å². The summed E-state index contributed by atoms with van der Waals surface area (Å²) in [6.45, 7) is 4.79. The van der Waals surface area contributed by atoms with E-state index in [2.05, 4.69) is 10.4 Å². The van der Waals surface area contributed by atoms with Gasteiger partial charge in [0.25, 0.3) is 5.91 Å². The molecular formula is C26H23Cl2N3O2. The monoisotopic (exact) mass is 479 g/mol. The highest BCUT2D eigenvalue weighted by Gasteiger charge is 2.12. The van der Waals surface area contributed by atoms with Crippen molar-refractivity contribution in [3.63, 3.8) is 0 Å². The number of hydrogen-bond acceptors (Lipinski definition) is 3. The van der Waals surface area contributed by atoms with Gasteiger partial charge in [-0.2, -0.15) is 5.10 Å². The molecule has 0 aliphatic rings. The third kappa shape index (κ3) is 5.95. The molecule has 4 aromatic rings. The summed E-state index contributed by atoms with van der Waals surface area (Å²) in [5, 5.41) is 8.63. The maximum Gasteiger partial charge on any atom is 0.256 e.